The molecule has 26 heavy (non-hydrogen) atoms. The fourth-order valence-corrected chi connectivity index (χ4v) is 2.85. The molecule has 7 heteroatoms. The molecule has 1 aliphatic rings. The highest BCUT2D eigenvalue weighted by molar-refractivity contribution is 14.0. The fraction of sp³-hybridized carbons (Fsp3) is 0.263. The van der Waals surface area contributed by atoms with Crippen LogP contribution < -0.4 is 15.8 Å². The second-order valence-corrected chi connectivity index (χ2v) is 5.89. The van der Waals surface area contributed by atoms with Crippen LogP contribution in [0.25, 0.3) is 0 Å². The lowest BCUT2D eigenvalue weighted by atomic mass is 10.00. The van der Waals surface area contributed by atoms with Gasteiger partial charge in [-0.2, -0.15) is 0 Å². The SMILES string of the molecule is COc1cccc(NC(N)=NCC(=O)N2CCc3ccccc3C2)c1.I. The van der Waals surface area contributed by atoms with Crippen molar-refractivity contribution in [2.75, 3.05) is 25.5 Å². The lowest BCUT2D eigenvalue weighted by molar-refractivity contribution is -0.130. The monoisotopic (exact) mass is 466 g/mol. The van der Waals surface area contributed by atoms with Crippen LogP contribution in [-0.4, -0.2) is 37.0 Å². The maximum absolute atomic E-state index is 12.4. The second kappa shape index (κ2) is 9.42. The third kappa shape index (κ3) is 5.10. The molecule has 0 unspecified atom stereocenters. The van der Waals surface area contributed by atoms with Gasteiger partial charge in [0.05, 0.1) is 7.11 Å². The third-order valence-corrected chi connectivity index (χ3v) is 4.21. The Morgan fingerprint density at radius 2 is 2.00 bits per heavy atom. The van der Waals surface area contributed by atoms with E-state index in [1.54, 1.807) is 7.11 Å². The van der Waals surface area contributed by atoms with Crippen LogP contribution in [0.3, 0.4) is 0 Å². The van der Waals surface area contributed by atoms with Gasteiger partial charge in [-0.3, -0.25) is 4.79 Å². The molecule has 0 bridgehead atoms. The number of methoxy groups -OCH3 is 1. The quantitative estimate of drug-likeness (QED) is 0.413. The summed E-state index contributed by atoms with van der Waals surface area (Å²) in [7, 11) is 1.60. The van der Waals surface area contributed by atoms with E-state index in [4.69, 9.17) is 10.5 Å². The molecule has 138 valence electrons. The Bertz CT molecular complexity index is 795. The summed E-state index contributed by atoms with van der Waals surface area (Å²) in [5.41, 5.74) is 9.16. The first-order valence-electron chi connectivity index (χ1n) is 8.21. The predicted octanol–water partition coefficient (Wildman–Crippen LogP) is 2.62. The number of carbonyl (C=O) groups excluding carboxylic acids is 1. The van der Waals surface area contributed by atoms with Crippen LogP contribution in [-0.2, 0) is 17.8 Å². The van der Waals surface area contributed by atoms with Crippen molar-refractivity contribution in [3.63, 3.8) is 0 Å². The Hall–Kier alpha value is -2.29. The van der Waals surface area contributed by atoms with E-state index in [9.17, 15) is 4.79 Å². The highest BCUT2D eigenvalue weighted by Gasteiger charge is 2.19. The van der Waals surface area contributed by atoms with E-state index in [0.29, 0.717) is 13.1 Å². The van der Waals surface area contributed by atoms with Gasteiger partial charge in [0.1, 0.15) is 12.3 Å². The van der Waals surface area contributed by atoms with Gasteiger partial charge < -0.3 is 20.7 Å². The van der Waals surface area contributed by atoms with Gasteiger partial charge in [-0.15, -0.1) is 24.0 Å². The molecule has 0 saturated heterocycles. The number of ether oxygens (including phenoxy) is 1. The summed E-state index contributed by atoms with van der Waals surface area (Å²) in [6.45, 7) is 1.38. The molecule has 0 radical (unpaired) electrons. The number of hydrogen-bond acceptors (Lipinski definition) is 3. The zero-order chi connectivity index (χ0) is 17.6. The number of fused-ring (bicyclic) bond motifs is 1. The van der Waals surface area contributed by atoms with E-state index in [-0.39, 0.29) is 42.4 Å². The Labute approximate surface area is 170 Å². The largest absolute Gasteiger partial charge is 0.497 e. The second-order valence-electron chi connectivity index (χ2n) is 5.89. The Kier molecular flexibility index (Phi) is 7.26. The van der Waals surface area contributed by atoms with Gasteiger partial charge in [0.2, 0.25) is 5.91 Å². The molecule has 3 rings (SSSR count). The summed E-state index contributed by atoms with van der Waals surface area (Å²) in [5.74, 6) is 0.907. The van der Waals surface area contributed by atoms with Crippen molar-refractivity contribution in [1.29, 1.82) is 0 Å². The maximum Gasteiger partial charge on any atom is 0.244 e. The summed E-state index contributed by atoms with van der Waals surface area (Å²) in [4.78, 5) is 18.4. The van der Waals surface area contributed by atoms with E-state index in [0.717, 1.165) is 17.9 Å². The highest BCUT2D eigenvalue weighted by atomic mass is 127. The van der Waals surface area contributed by atoms with Crippen molar-refractivity contribution in [2.24, 2.45) is 10.7 Å². The number of halogens is 1. The Morgan fingerprint density at radius 1 is 1.23 bits per heavy atom. The van der Waals surface area contributed by atoms with Crippen molar-refractivity contribution < 1.29 is 9.53 Å². The smallest absolute Gasteiger partial charge is 0.244 e. The third-order valence-electron chi connectivity index (χ3n) is 4.21. The standard InChI is InChI=1S/C19H22N4O2.HI/c1-25-17-8-4-7-16(11-17)22-19(20)21-12-18(24)23-10-9-14-5-2-3-6-15(14)13-23;/h2-8,11H,9-10,12-13H2,1H3,(H3,20,21,22);1H. The van der Waals surface area contributed by atoms with Gasteiger partial charge >= 0.3 is 0 Å². The first kappa shape index (κ1) is 20.0. The van der Waals surface area contributed by atoms with Crippen molar-refractivity contribution in [3.05, 3.63) is 59.7 Å². The van der Waals surface area contributed by atoms with Gasteiger partial charge in [0.15, 0.2) is 5.96 Å². The molecule has 0 fully saturated rings. The van der Waals surface area contributed by atoms with Crippen LogP contribution in [0.15, 0.2) is 53.5 Å². The van der Waals surface area contributed by atoms with Crippen LogP contribution in [0.4, 0.5) is 5.69 Å². The number of amides is 1. The lowest BCUT2D eigenvalue weighted by Crippen LogP contribution is -2.38. The first-order valence-corrected chi connectivity index (χ1v) is 8.21. The van der Waals surface area contributed by atoms with E-state index in [2.05, 4.69) is 22.4 Å². The molecule has 1 amide bonds. The van der Waals surface area contributed by atoms with E-state index in [1.165, 1.54) is 11.1 Å². The fourth-order valence-electron chi connectivity index (χ4n) is 2.85. The number of rotatable bonds is 4. The van der Waals surface area contributed by atoms with Crippen molar-refractivity contribution in [1.82, 2.24) is 4.90 Å². The van der Waals surface area contributed by atoms with Gasteiger partial charge in [0, 0.05) is 24.8 Å². The van der Waals surface area contributed by atoms with Crippen LogP contribution >= 0.6 is 24.0 Å². The van der Waals surface area contributed by atoms with Gasteiger partial charge in [-0.05, 0) is 29.7 Å². The number of guanidine groups is 1. The molecule has 2 aromatic carbocycles. The zero-order valence-electron chi connectivity index (χ0n) is 14.6. The summed E-state index contributed by atoms with van der Waals surface area (Å²) in [6.07, 6.45) is 0.878. The van der Waals surface area contributed by atoms with Crippen molar-refractivity contribution in [2.45, 2.75) is 13.0 Å². The number of nitrogens with one attached hydrogen (secondary N) is 1. The summed E-state index contributed by atoms with van der Waals surface area (Å²) in [5, 5.41) is 2.97. The molecule has 0 saturated carbocycles. The minimum atomic E-state index is -0.0232. The number of aliphatic imine (C=N–C) groups is 1. The normalized spacial score (nSPS) is 13.4. The van der Waals surface area contributed by atoms with Gasteiger partial charge in [0.25, 0.3) is 0 Å². The topological polar surface area (TPSA) is 80.0 Å². The van der Waals surface area contributed by atoms with E-state index >= 15 is 0 Å². The Morgan fingerprint density at radius 3 is 2.77 bits per heavy atom. The first-order chi connectivity index (χ1) is 12.2. The number of anilines is 1. The van der Waals surface area contributed by atoms with E-state index in [1.807, 2.05) is 41.3 Å². The van der Waals surface area contributed by atoms with Crippen molar-refractivity contribution in [3.8, 4) is 5.75 Å². The minimum Gasteiger partial charge on any atom is -0.497 e. The maximum atomic E-state index is 12.4. The molecule has 6 nitrogen and oxygen atoms in total. The molecule has 3 N–H and O–H groups in total. The number of hydrogen-bond donors (Lipinski definition) is 2. The van der Waals surface area contributed by atoms with Crippen molar-refractivity contribution >= 4 is 41.5 Å². The van der Waals surface area contributed by atoms with Gasteiger partial charge in [-0.1, -0.05) is 30.3 Å². The summed E-state index contributed by atoms with van der Waals surface area (Å²) >= 11 is 0. The molecular weight excluding hydrogens is 443 g/mol. The number of nitrogens with zero attached hydrogens (tertiary/aromatic N) is 2. The minimum absolute atomic E-state index is 0. The number of carbonyl (C=O) groups is 1. The summed E-state index contributed by atoms with van der Waals surface area (Å²) in [6, 6.07) is 15.6. The number of nitrogens with two attached hydrogens (primary N) is 1. The van der Waals surface area contributed by atoms with Gasteiger partial charge in [-0.25, -0.2) is 4.99 Å². The predicted molar refractivity (Wildman–Crippen MR) is 114 cm³/mol. The molecule has 0 aliphatic carbocycles. The highest BCUT2D eigenvalue weighted by Crippen LogP contribution is 2.18. The average molecular weight is 466 g/mol. The molecule has 0 atom stereocenters. The van der Waals surface area contributed by atoms with Crippen LogP contribution in [0, 0.1) is 0 Å². The molecule has 0 aromatic heterocycles. The molecule has 1 aliphatic heterocycles. The molecule has 1 heterocycles. The number of benzene rings is 2. The average Bonchev–Trinajstić information content (AvgIpc) is 2.65. The molecule has 0 spiro atoms. The molecular formula is C19H23IN4O2. The zero-order valence-corrected chi connectivity index (χ0v) is 17.0. The Balaban J connectivity index is 0.00000243. The van der Waals surface area contributed by atoms with Crippen LogP contribution in [0.2, 0.25) is 0 Å². The van der Waals surface area contributed by atoms with Crippen LogP contribution in [0.1, 0.15) is 11.1 Å². The van der Waals surface area contributed by atoms with E-state index < -0.39 is 0 Å². The van der Waals surface area contributed by atoms with Crippen LogP contribution in [0.5, 0.6) is 5.75 Å². The molecule has 2 aromatic rings. The lowest BCUT2D eigenvalue weighted by Gasteiger charge is -2.28. The summed E-state index contributed by atoms with van der Waals surface area (Å²) < 4.78 is 5.16.